The molecule has 2 fully saturated rings. The summed E-state index contributed by atoms with van der Waals surface area (Å²) in [6, 6.07) is 1.85. The lowest BCUT2D eigenvalue weighted by atomic mass is 9.70. The summed E-state index contributed by atoms with van der Waals surface area (Å²) in [4.78, 5) is 8.24. The first-order valence-corrected chi connectivity index (χ1v) is 7.37. The normalized spacial score (nSPS) is 36.9. The average Bonchev–Trinajstić information content (AvgIpc) is 2.62. The van der Waals surface area contributed by atoms with Crippen LogP contribution in [0.25, 0.3) is 0 Å². The van der Waals surface area contributed by atoms with Gasteiger partial charge in [0.25, 0.3) is 0 Å². The summed E-state index contributed by atoms with van der Waals surface area (Å²) in [5, 5.41) is 0. The van der Waals surface area contributed by atoms with E-state index in [1.807, 2.05) is 6.07 Å². The van der Waals surface area contributed by atoms with E-state index in [0.717, 1.165) is 16.9 Å². The minimum Gasteiger partial charge on any atom is -0.474 e. The van der Waals surface area contributed by atoms with Gasteiger partial charge in [-0.3, -0.25) is 0 Å². The van der Waals surface area contributed by atoms with Crippen LogP contribution in [-0.2, 0) is 0 Å². The molecule has 18 heavy (non-hydrogen) atoms. The molecule has 3 rings (SSSR count). The van der Waals surface area contributed by atoms with Crippen molar-refractivity contribution in [3.63, 3.8) is 0 Å². The van der Waals surface area contributed by atoms with E-state index in [9.17, 15) is 0 Å². The average molecular weight is 311 g/mol. The fraction of sp³-hybridized carbons (Fsp3) is 0.714. The van der Waals surface area contributed by atoms with E-state index in [4.69, 9.17) is 4.74 Å². The van der Waals surface area contributed by atoms with E-state index in [0.29, 0.717) is 11.3 Å². The fourth-order valence-corrected chi connectivity index (χ4v) is 4.12. The molecule has 0 amide bonds. The summed E-state index contributed by atoms with van der Waals surface area (Å²) in [6.07, 6.45) is 5.59. The Balaban J connectivity index is 1.84. The molecule has 2 bridgehead atoms. The molecule has 0 saturated heterocycles. The fourth-order valence-electron chi connectivity index (χ4n) is 3.84. The molecule has 0 N–H and O–H groups in total. The molecule has 0 spiro atoms. The maximum atomic E-state index is 6.15. The largest absolute Gasteiger partial charge is 0.474 e. The summed E-state index contributed by atoms with van der Waals surface area (Å²) in [7, 11) is 0. The first-order valence-electron chi connectivity index (χ1n) is 6.58. The van der Waals surface area contributed by atoms with Crippen molar-refractivity contribution in [2.75, 3.05) is 0 Å². The van der Waals surface area contributed by atoms with Crippen molar-refractivity contribution >= 4 is 15.9 Å². The first-order chi connectivity index (χ1) is 8.43. The number of rotatable bonds is 2. The van der Waals surface area contributed by atoms with Crippen molar-refractivity contribution in [2.45, 2.75) is 46.1 Å². The Morgan fingerprint density at radius 3 is 2.67 bits per heavy atom. The van der Waals surface area contributed by atoms with Crippen molar-refractivity contribution in [2.24, 2.45) is 16.7 Å². The predicted octanol–water partition coefficient (Wildman–Crippen LogP) is 3.83. The Morgan fingerprint density at radius 2 is 2.11 bits per heavy atom. The zero-order valence-electron chi connectivity index (χ0n) is 11.1. The van der Waals surface area contributed by atoms with Gasteiger partial charge in [-0.05, 0) is 46.5 Å². The van der Waals surface area contributed by atoms with Gasteiger partial charge in [-0.2, -0.15) is 0 Å². The molecule has 0 radical (unpaired) electrons. The van der Waals surface area contributed by atoms with Gasteiger partial charge in [0.1, 0.15) is 17.0 Å². The monoisotopic (exact) mass is 310 g/mol. The molecule has 4 heteroatoms. The van der Waals surface area contributed by atoms with Gasteiger partial charge in [0.15, 0.2) is 0 Å². The Hall–Kier alpha value is -0.640. The minimum atomic E-state index is 0.273. The van der Waals surface area contributed by atoms with E-state index >= 15 is 0 Å². The Morgan fingerprint density at radius 1 is 1.33 bits per heavy atom. The molecule has 3 nitrogen and oxygen atoms in total. The van der Waals surface area contributed by atoms with Gasteiger partial charge in [0.05, 0.1) is 0 Å². The quantitative estimate of drug-likeness (QED) is 0.779. The maximum Gasteiger partial charge on any atom is 0.217 e. The summed E-state index contributed by atoms with van der Waals surface area (Å²) < 4.78 is 6.93. The molecule has 2 aliphatic carbocycles. The lowest BCUT2D eigenvalue weighted by molar-refractivity contribution is 0.0272. The highest BCUT2D eigenvalue weighted by atomic mass is 79.9. The highest BCUT2D eigenvalue weighted by molar-refractivity contribution is 9.10. The smallest absolute Gasteiger partial charge is 0.217 e. The zero-order valence-corrected chi connectivity index (χ0v) is 12.7. The van der Waals surface area contributed by atoms with Crippen molar-refractivity contribution < 1.29 is 4.74 Å². The number of hydrogen-bond acceptors (Lipinski definition) is 3. The second-order valence-electron chi connectivity index (χ2n) is 6.40. The van der Waals surface area contributed by atoms with Crippen LogP contribution in [0.1, 0.15) is 40.0 Å². The van der Waals surface area contributed by atoms with Crippen molar-refractivity contribution in [3.8, 4) is 5.88 Å². The van der Waals surface area contributed by atoms with E-state index in [1.165, 1.54) is 12.8 Å². The van der Waals surface area contributed by atoms with E-state index in [1.54, 1.807) is 6.33 Å². The molecule has 0 aliphatic heterocycles. The van der Waals surface area contributed by atoms with Crippen LogP contribution in [0.4, 0.5) is 0 Å². The first kappa shape index (κ1) is 12.4. The Bertz CT molecular complexity index is 477. The van der Waals surface area contributed by atoms with Crippen LogP contribution in [0.15, 0.2) is 17.0 Å². The third kappa shape index (κ3) is 1.61. The molecule has 0 aromatic carbocycles. The highest BCUT2D eigenvalue weighted by Gasteiger charge is 2.62. The second-order valence-corrected chi connectivity index (χ2v) is 7.21. The third-order valence-corrected chi connectivity index (χ3v) is 6.02. The number of hydrogen-bond donors (Lipinski definition) is 0. The third-order valence-electron chi connectivity index (χ3n) is 5.59. The van der Waals surface area contributed by atoms with Gasteiger partial charge in [-0.25, -0.2) is 9.97 Å². The van der Waals surface area contributed by atoms with Crippen LogP contribution >= 0.6 is 15.9 Å². The second kappa shape index (κ2) is 3.92. The van der Waals surface area contributed by atoms with Crippen molar-refractivity contribution in [1.82, 2.24) is 9.97 Å². The van der Waals surface area contributed by atoms with Gasteiger partial charge in [-0.15, -0.1) is 0 Å². The van der Waals surface area contributed by atoms with Gasteiger partial charge in [0, 0.05) is 11.5 Å². The molecule has 1 heterocycles. The molecule has 2 aliphatic rings. The Kier molecular flexibility index (Phi) is 2.70. The van der Waals surface area contributed by atoms with E-state index in [-0.39, 0.29) is 11.5 Å². The van der Waals surface area contributed by atoms with E-state index < -0.39 is 0 Å². The summed E-state index contributed by atoms with van der Waals surface area (Å²) >= 11 is 3.36. The standard InChI is InChI=1S/C14H19BrN2O/c1-13(2)9-4-5-14(13,3)10(6-9)18-12-7-11(15)16-8-17-12/h7-10H,4-6H2,1-3H3. The molecular formula is C14H19BrN2O. The number of ether oxygens (including phenoxy) is 1. The predicted molar refractivity (Wildman–Crippen MR) is 73.4 cm³/mol. The lowest BCUT2D eigenvalue weighted by Gasteiger charge is -2.38. The van der Waals surface area contributed by atoms with Gasteiger partial charge in [-0.1, -0.05) is 20.8 Å². The van der Waals surface area contributed by atoms with Crippen LogP contribution in [0.5, 0.6) is 5.88 Å². The summed E-state index contributed by atoms with van der Waals surface area (Å²) in [5.74, 6) is 1.48. The zero-order chi connectivity index (χ0) is 13.0. The molecule has 1 aromatic heterocycles. The van der Waals surface area contributed by atoms with Gasteiger partial charge < -0.3 is 4.74 Å². The van der Waals surface area contributed by atoms with Crippen LogP contribution in [0, 0.1) is 16.7 Å². The van der Waals surface area contributed by atoms with Crippen LogP contribution in [0.2, 0.25) is 0 Å². The topological polar surface area (TPSA) is 35.0 Å². The van der Waals surface area contributed by atoms with Crippen molar-refractivity contribution in [1.29, 1.82) is 0 Å². The number of nitrogens with zero attached hydrogens (tertiary/aromatic N) is 2. The van der Waals surface area contributed by atoms with Crippen LogP contribution in [-0.4, -0.2) is 16.1 Å². The maximum absolute atomic E-state index is 6.15. The van der Waals surface area contributed by atoms with Crippen LogP contribution < -0.4 is 4.74 Å². The molecule has 2 saturated carbocycles. The lowest BCUT2D eigenvalue weighted by Crippen LogP contribution is -2.39. The molecule has 98 valence electrons. The van der Waals surface area contributed by atoms with E-state index in [2.05, 4.69) is 46.7 Å². The minimum absolute atomic E-state index is 0.273. The molecule has 3 atom stereocenters. The number of fused-ring (bicyclic) bond motifs is 2. The summed E-state index contributed by atoms with van der Waals surface area (Å²) in [5.41, 5.74) is 0.650. The molecular weight excluding hydrogens is 292 g/mol. The molecule has 1 aromatic rings. The Labute approximate surface area is 116 Å². The number of halogens is 1. The molecule has 3 unspecified atom stereocenters. The van der Waals surface area contributed by atoms with Crippen molar-refractivity contribution in [3.05, 3.63) is 17.0 Å². The van der Waals surface area contributed by atoms with Crippen LogP contribution in [0.3, 0.4) is 0 Å². The summed E-state index contributed by atoms with van der Waals surface area (Å²) in [6.45, 7) is 7.16. The van der Waals surface area contributed by atoms with Gasteiger partial charge in [0.2, 0.25) is 5.88 Å². The highest BCUT2D eigenvalue weighted by Crippen LogP contribution is 2.66. The van der Waals surface area contributed by atoms with Gasteiger partial charge >= 0.3 is 0 Å². The number of aromatic nitrogens is 2. The SMILES string of the molecule is CC1(C)C2CCC1(C)C(Oc1cc(Br)ncn1)C2.